The van der Waals surface area contributed by atoms with Gasteiger partial charge in [-0.05, 0) is 24.1 Å². The fourth-order valence-electron chi connectivity index (χ4n) is 6.52. The van der Waals surface area contributed by atoms with E-state index in [1.807, 2.05) is 12.1 Å². The van der Waals surface area contributed by atoms with Crippen LogP contribution in [0.5, 0.6) is 5.75 Å². The second kappa shape index (κ2) is 4.97. The van der Waals surface area contributed by atoms with E-state index in [0.29, 0.717) is 29.7 Å². The summed E-state index contributed by atoms with van der Waals surface area (Å²) in [4.78, 5) is 24.8. The van der Waals surface area contributed by atoms with Crippen LogP contribution in [0.2, 0.25) is 0 Å². The molecule has 0 aromatic heterocycles. The number of ether oxygens (including phenoxy) is 1. The number of nitrogens with two attached hydrogens (primary N) is 1. The molecular formula is C21H25N2O3+. The van der Waals surface area contributed by atoms with Gasteiger partial charge in [-0.15, -0.1) is 0 Å². The number of benzene rings is 1. The first-order valence-corrected chi connectivity index (χ1v) is 9.53. The topological polar surface area (TPSA) is 69.4 Å². The Morgan fingerprint density at radius 1 is 1.50 bits per heavy atom. The molecular weight excluding hydrogens is 328 g/mol. The van der Waals surface area contributed by atoms with Gasteiger partial charge in [-0.3, -0.25) is 9.59 Å². The lowest BCUT2D eigenvalue weighted by atomic mass is 9.51. The van der Waals surface area contributed by atoms with Gasteiger partial charge in [0, 0.05) is 30.7 Å². The first kappa shape index (κ1) is 16.1. The van der Waals surface area contributed by atoms with E-state index in [0.717, 1.165) is 42.4 Å². The molecule has 1 aromatic carbocycles. The minimum atomic E-state index is -0.480. The maximum atomic E-state index is 12.8. The summed E-state index contributed by atoms with van der Waals surface area (Å²) in [6, 6.07) is 4.28. The standard InChI is InChI=1S/C21H24N2O3/c1-3-9-23(2)10-8-21-14-6-7-16(24)19(21)26-18-13(20(22)25)5-4-12(17(18)21)11-15(14)23/h3-5,14-15,19H,1,6-11H2,2H3,(H-,22,25)/p+1/t14-,15+,19-,21-,23?/m0/s1. The van der Waals surface area contributed by atoms with Crippen molar-refractivity contribution in [3.63, 3.8) is 0 Å². The molecule has 2 N–H and O–H groups in total. The molecule has 5 atom stereocenters. The Bertz CT molecular complexity index is 863. The summed E-state index contributed by atoms with van der Waals surface area (Å²) in [6.07, 6.45) is 4.92. The molecule has 0 radical (unpaired) electrons. The van der Waals surface area contributed by atoms with E-state index >= 15 is 0 Å². The minimum absolute atomic E-state index is 0.180. The molecule has 2 aliphatic heterocycles. The number of likely N-dealkylation sites (N-methyl/N-ethyl adjacent to an activating group) is 1. The number of hydrogen-bond donors (Lipinski definition) is 1. The van der Waals surface area contributed by atoms with Crippen LogP contribution in [0.15, 0.2) is 24.8 Å². The fraction of sp³-hybridized carbons (Fsp3) is 0.524. The van der Waals surface area contributed by atoms with Crippen LogP contribution in [0.3, 0.4) is 0 Å². The third kappa shape index (κ3) is 1.70. The largest absolute Gasteiger partial charge is 0.481 e. The highest BCUT2D eigenvalue weighted by molar-refractivity contribution is 5.98. The highest BCUT2D eigenvalue weighted by atomic mass is 16.5. The zero-order valence-corrected chi connectivity index (χ0v) is 15.2. The predicted molar refractivity (Wildman–Crippen MR) is 97.0 cm³/mol. The van der Waals surface area contributed by atoms with Crippen LogP contribution in [0.4, 0.5) is 0 Å². The summed E-state index contributed by atoms with van der Waals surface area (Å²) < 4.78 is 7.21. The molecule has 1 unspecified atom stereocenters. The highest BCUT2D eigenvalue weighted by Gasteiger charge is 2.68. The lowest BCUT2D eigenvalue weighted by Gasteiger charge is -2.60. The summed E-state index contributed by atoms with van der Waals surface area (Å²) in [5, 5.41) is 0. The Labute approximate surface area is 153 Å². The van der Waals surface area contributed by atoms with Crippen molar-refractivity contribution in [1.82, 2.24) is 0 Å². The number of likely N-dealkylation sites (tertiary alicyclic amines) is 1. The van der Waals surface area contributed by atoms with Crippen LogP contribution >= 0.6 is 0 Å². The smallest absolute Gasteiger partial charge is 0.252 e. The third-order valence-electron chi connectivity index (χ3n) is 7.61. The van der Waals surface area contributed by atoms with Crippen molar-refractivity contribution >= 4 is 11.7 Å². The second-order valence-corrected chi connectivity index (χ2v) is 8.69. The molecule has 5 rings (SSSR count). The first-order valence-electron chi connectivity index (χ1n) is 9.53. The SMILES string of the molecule is C=CC[N+]1(C)CC[C@]23c4c5ccc(C(N)=O)c4O[C@H]2C(=O)CC[C@H]3[C@H]1C5. The molecule has 2 bridgehead atoms. The summed E-state index contributed by atoms with van der Waals surface area (Å²) in [7, 11) is 2.32. The van der Waals surface area contributed by atoms with Gasteiger partial charge in [0.25, 0.3) is 5.91 Å². The van der Waals surface area contributed by atoms with Crippen LogP contribution in [0.25, 0.3) is 0 Å². The van der Waals surface area contributed by atoms with Gasteiger partial charge in [0.05, 0.1) is 37.2 Å². The number of quaternary nitrogens is 1. The Hall–Kier alpha value is -2.14. The van der Waals surface area contributed by atoms with Crippen LogP contribution in [-0.4, -0.2) is 48.5 Å². The first-order chi connectivity index (χ1) is 12.4. The summed E-state index contributed by atoms with van der Waals surface area (Å²) >= 11 is 0. The van der Waals surface area contributed by atoms with Crippen molar-refractivity contribution in [2.45, 2.75) is 43.2 Å². The number of amides is 1. The quantitative estimate of drug-likeness (QED) is 0.665. The van der Waals surface area contributed by atoms with Crippen molar-refractivity contribution in [2.24, 2.45) is 11.7 Å². The van der Waals surface area contributed by atoms with Gasteiger partial charge in [-0.1, -0.05) is 12.6 Å². The number of nitrogens with zero attached hydrogens (tertiary/aromatic N) is 1. The zero-order valence-electron chi connectivity index (χ0n) is 15.2. The molecule has 1 spiro atoms. The Balaban J connectivity index is 1.77. The van der Waals surface area contributed by atoms with E-state index in [1.165, 1.54) is 5.56 Å². The molecule has 1 aromatic rings. The van der Waals surface area contributed by atoms with E-state index in [1.54, 1.807) is 6.07 Å². The number of carbonyl (C=O) groups is 2. The number of rotatable bonds is 3. The molecule has 5 nitrogen and oxygen atoms in total. The van der Waals surface area contributed by atoms with Gasteiger partial charge in [0.2, 0.25) is 0 Å². The lowest BCUT2D eigenvalue weighted by molar-refractivity contribution is -0.939. The molecule has 1 saturated heterocycles. The lowest BCUT2D eigenvalue weighted by Crippen LogP contribution is -2.71. The molecule has 1 saturated carbocycles. The van der Waals surface area contributed by atoms with E-state index in [4.69, 9.17) is 10.5 Å². The van der Waals surface area contributed by atoms with Gasteiger partial charge in [0.1, 0.15) is 5.75 Å². The molecule has 2 heterocycles. The minimum Gasteiger partial charge on any atom is -0.481 e. The summed E-state index contributed by atoms with van der Waals surface area (Å²) in [5.41, 5.74) is 8.11. The van der Waals surface area contributed by atoms with Crippen molar-refractivity contribution < 1.29 is 18.8 Å². The number of hydrogen-bond acceptors (Lipinski definition) is 3. The molecule has 26 heavy (non-hydrogen) atoms. The van der Waals surface area contributed by atoms with Crippen LogP contribution in [0.1, 0.15) is 40.7 Å². The molecule has 136 valence electrons. The van der Waals surface area contributed by atoms with Crippen molar-refractivity contribution in [1.29, 1.82) is 0 Å². The van der Waals surface area contributed by atoms with Crippen LogP contribution in [0, 0.1) is 5.92 Å². The van der Waals surface area contributed by atoms with Crippen molar-refractivity contribution in [3.05, 3.63) is 41.5 Å². The van der Waals surface area contributed by atoms with Gasteiger partial charge in [-0.2, -0.15) is 0 Å². The second-order valence-electron chi connectivity index (χ2n) is 8.69. The number of carbonyl (C=O) groups excluding carboxylic acids is 2. The third-order valence-corrected chi connectivity index (χ3v) is 7.61. The average molecular weight is 353 g/mol. The van der Waals surface area contributed by atoms with Gasteiger partial charge in [0.15, 0.2) is 11.9 Å². The van der Waals surface area contributed by atoms with Gasteiger partial charge < -0.3 is 15.0 Å². The van der Waals surface area contributed by atoms with Crippen LogP contribution in [-0.2, 0) is 16.6 Å². The maximum absolute atomic E-state index is 12.8. The predicted octanol–water partition coefficient (Wildman–Crippen LogP) is 1.72. The Kier molecular flexibility index (Phi) is 3.07. The highest BCUT2D eigenvalue weighted by Crippen LogP contribution is 2.63. The maximum Gasteiger partial charge on any atom is 0.252 e. The monoisotopic (exact) mass is 353 g/mol. The van der Waals surface area contributed by atoms with Crippen molar-refractivity contribution in [3.8, 4) is 5.75 Å². The number of primary amides is 1. The number of ketones is 1. The van der Waals surface area contributed by atoms with Gasteiger partial charge in [-0.25, -0.2) is 0 Å². The fourth-order valence-corrected chi connectivity index (χ4v) is 6.52. The average Bonchev–Trinajstić information content (AvgIpc) is 2.95. The summed E-state index contributed by atoms with van der Waals surface area (Å²) in [6.45, 7) is 5.92. The molecule has 4 aliphatic rings. The Morgan fingerprint density at radius 3 is 3.04 bits per heavy atom. The summed E-state index contributed by atoms with van der Waals surface area (Å²) in [5.74, 6) is 0.700. The normalized spacial score (nSPS) is 39.1. The van der Waals surface area contributed by atoms with Crippen molar-refractivity contribution in [2.75, 3.05) is 20.1 Å². The molecule has 5 heteroatoms. The molecule has 2 aliphatic carbocycles. The van der Waals surface area contributed by atoms with E-state index in [2.05, 4.69) is 13.6 Å². The zero-order chi connectivity index (χ0) is 18.3. The molecule has 2 fully saturated rings. The number of Topliss-reactive ketones (excluding diaryl/α,β-unsaturated/α-hetero) is 1. The van der Waals surface area contributed by atoms with E-state index in [-0.39, 0.29) is 11.2 Å². The molecule has 1 amide bonds. The van der Waals surface area contributed by atoms with Gasteiger partial charge >= 0.3 is 0 Å². The number of piperidine rings is 1. The Morgan fingerprint density at radius 2 is 2.31 bits per heavy atom. The van der Waals surface area contributed by atoms with Crippen LogP contribution < -0.4 is 10.5 Å². The van der Waals surface area contributed by atoms with E-state index < -0.39 is 12.0 Å². The van der Waals surface area contributed by atoms with E-state index in [9.17, 15) is 9.59 Å².